The summed E-state index contributed by atoms with van der Waals surface area (Å²) in [6.45, 7) is 0. The van der Waals surface area contributed by atoms with Crippen molar-refractivity contribution in [3.8, 4) is 11.5 Å². The Labute approximate surface area is 129 Å². The molecule has 5 heteroatoms. The second-order valence-corrected chi connectivity index (χ2v) is 5.15. The summed E-state index contributed by atoms with van der Waals surface area (Å²) < 4.78 is 10.6. The Morgan fingerprint density at radius 3 is 2.32 bits per heavy atom. The number of carbonyl (C=O) groups is 1. The van der Waals surface area contributed by atoms with Crippen LogP contribution in [0.4, 0.5) is 5.69 Å². The number of ether oxygens (including phenoxy) is 2. The quantitative estimate of drug-likeness (QED) is 0.946. The monoisotopic (exact) mass is 298 g/mol. The molecule has 1 amide bonds. The molecule has 0 unspecified atom stereocenters. The molecular formula is C17H18N2O3. The first-order valence-corrected chi connectivity index (χ1v) is 6.99. The van der Waals surface area contributed by atoms with Crippen molar-refractivity contribution < 1.29 is 14.3 Å². The molecule has 22 heavy (non-hydrogen) atoms. The number of rotatable bonds is 3. The van der Waals surface area contributed by atoms with Gasteiger partial charge in [0.2, 0.25) is 0 Å². The minimum absolute atomic E-state index is 0.0128. The van der Waals surface area contributed by atoms with Gasteiger partial charge in [-0.05, 0) is 24.3 Å². The van der Waals surface area contributed by atoms with E-state index in [0.717, 1.165) is 11.3 Å². The number of nitrogens with one attached hydrogen (secondary N) is 1. The molecule has 1 heterocycles. The van der Waals surface area contributed by atoms with Gasteiger partial charge in [0.25, 0.3) is 5.91 Å². The minimum Gasteiger partial charge on any atom is -0.497 e. The van der Waals surface area contributed by atoms with Gasteiger partial charge in [-0.3, -0.25) is 4.79 Å². The molecule has 0 aromatic heterocycles. The fourth-order valence-electron chi connectivity index (χ4n) is 2.64. The van der Waals surface area contributed by atoms with Crippen molar-refractivity contribution in [2.24, 2.45) is 0 Å². The van der Waals surface area contributed by atoms with Crippen LogP contribution >= 0.6 is 0 Å². The number of nitrogens with zero attached hydrogens (tertiary/aromatic N) is 1. The lowest BCUT2D eigenvalue weighted by Gasteiger charge is -2.35. The highest BCUT2D eigenvalue weighted by Gasteiger charge is 2.30. The Morgan fingerprint density at radius 1 is 1.05 bits per heavy atom. The van der Waals surface area contributed by atoms with E-state index in [1.807, 2.05) is 42.5 Å². The number of carbonyl (C=O) groups excluding carboxylic acids is 1. The van der Waals surface area contributed by atoms with Gasteiger partial charge in [-0.25, -0.2) is 0 Å². The number of benzene rings is 2. The molecule has 0 spiro atoms. The Hall–Kier alpha value is -2.69. The van der Waals surface area contributed by atoms with Crippen LogP contribution in [0.1, 0.15) is 22.1 Å². The Bertz CT molecular complexity index is 693. The molecule has 2 aromatic carbocycles. The standard InChI is InChI=1S/C17H18N2O3/c1-19-16(11-8-12(21-2)10-13(9-11)22-3)18-15-7-5-4-6-14(15)17(19)20/h4-10,16,18H,1-3H3/t16-/m1/s1. The molecule has 0 fully saturated rings. The summed E-state index contributed by atoms with van der Waals surface area (Å²) in [6.07, 6.45) is -0.272. The third kappa shape index (κ3) is 2.35. The van der Waals surface area contributed by atoms with Crippen molar-refractivity contribution in [2.75, 3.05) is 26.6 Å². The highest BCUT2D eigenvalue weighted by atomic mass is 16.5. The summed E-state index contributed by atoms with van der Waals surface area (Å²) in [7, 11) is 5.00. The first kappa shape index (κ1) is 14.3. The van der Waals surface area contributed by atoms with Crippen molar-refractivity contribution in [2.45, 2.75) is 6.17 Å². The number of para-hydroxylation sites is 1. The highest BCUT2D eigenvalue weighted by Crippen LogP contribution is 2.34. The van der Waals surface area contributed by atoms with E-state index in [1.165, 1.54) is 0 Å². The lowest BCUT2D eigenvalue weighted by atomic mass is 10.0. The third-order valence-electron chi connectivity index (χ3n) is 3.85. The zero-order chi connectivity index (χ0) is 15.7. The van der Waals surface area contributed by atoms with Crippen LogP contribution in [0.2, 0.25) is 0 Å². The van der Waals surface area contributed by atoms with Gasteiger partial charge in [0.1, 0.15) is 17.7 Å². The molecular weight excluding hydrogens is 280 g/mol. The fraction of sp³-hybridized carbons (Fsp3) is 0.235. The van der Waals surface area contributed by atoms with Gasteiger partial charge in [-0.15, -0.1) is 0 Å². The zero-order valence-electron chi connectivity index (χ0n) is 12.8. The van der Waals surface area contributed by atoms with Crippen LogP contribution in [0.25, 0.3) is 0 Å². The average Bonchev–Trinajstić information content (AvgIpc) is 2.57. The van der Waals surface area contributed by atoms with Crippen molar-refractivity contribution >= 4 is 11.6 Å². The maximum Gasteiger partial charge on any atom is 0.257 e. The summed E-state index contributed by atoms with van der Waals surface area (Å²) in [6, 6.07) is 13.1. The van der Waals surface area contributed by atoms with Crippen molar-refractivity contribution in [1.82, 2.24) is 4.90 Å². The molecule has 0 saturated carbocycles. The topological polar surface area (TPSA) is 50.8 Å². The minimum atomic E-state index is -0.272. The van der Waals surface area contributed by atoms with E-state index >= 15 is 0 Å². The second-order valence-electron chi connectivity index (χ2n) is 5.15. The van der Waals surface area contributed by atoms with Gasteiger partial charge in [0.15, 0.2) is 0 Å². The molecule has 3 rings (SSSR count). The number of hydrogen-bond donors (Lipinski definition) is 1. The number of methoxy groups -OCH3 is 2. The molecule has 0 saturated heterocycles. The molecule has 1 aliphatic rings. The van der Waals surface area contributed by atoms with Crippen LogP contribution in [0.15, 0.2) is 42.5 Å². The van der Waals surface area contributed by atoms with E-state index in [-0.39, 0.29) is 12.1 Å². The first-order chi connectivity index (χ1) is 10.6. The first-order valence-electron chi connectivity index (χ1n) is 6.99. The smallest absolute Gasteiger partial charge is 0.257 e. The Balaban J connectivity index is 2.04. The number of amides is 1. The summed E-state index contributed by atoms with van der Waals surface area (Å²) in [5.41, 5.74) is 2.41. The van der Waals surface area contributed by atoms with E-state index in [2.05, 4.69) is 5.32 Å². The van der Waals surface area contributed by atoms with E-state index in [1.54, 1.807) is 26.2 Å². The zero-order valence-corrected chi connectivity index (χ0v) is 12.8. The van der Waals surface area contributed by atoms with E-state index in [9.17, 15) is 4.79 Å². The normalized spacial score (nSPS) is 16.8. The number of fused-ring (bicyclic) bond motifs is 1. The van der Waals surface area contributed by atoms with Gasteiger partial charge in [-0.2, -0.15) is 0 Å². The van der Waals surface area contributed by atoms with Crippen LogP contribution in [-0.2, 0) is 0 Å². The van der Waals surface area contributed by atoms with Gasteiger partial charge < -0.3 is 19.7 Å². The van der Waals surface area contributed by atoms with Gasteiger partial charge in [-0.1, -0.05) is 12.1 Å². The molecule has 1 aliphatic heterocycles. The average molecular weight is 298 g/mol. The van der Waals surface area contributed by atoms with Crippen LogP contribution in [0, 0.1) is 0 Å². The summed E-state index contributed by atoms with van der Waals surface area (Å²) in [5, 5.41) is 3.39. The van der Waals surface area contributed by atoms with Crippen molar-refractivity contribution in [1.29, 1.82) is 0 Å². The maximum atomic E-state index is 12.5. The van der Waals surface area contributed by atoms with Crippen molar-refractivity contribution in [3.05, 3.63) is 53.6 Å². The van der Waals surface area contributed by atoms with E-state index in [0.29, 0.717) is 17.1 Å². The lowest BCUT2D eigenvalue weighted by molar-refractivity contribution is 0.0735. The fourth-order valence-corrected chi connectivity index (χ4v) is 2.64. The lowest BCUT2D eigenvalue weighted by Crippen LogP contribution is -2.40. The number of anilines is 1. The second kappa shape index (κ2) is 5.60. The predicted octanol–water partition coefficient (Wildman–Crippen LogP) is 2.90. The Morgan fingerprint density at radius 2 is 1.68 bits per heavy atom. The van der Waals surface area contributed by atoms with E-state index < -0.39 is 0 Å². The van der Waals surface area contributed by atoms with E-state index in [4.69, 9.17) is 9.47 Å². The highest BCUT2D eigenvalue weighted by molar-refractivity contribution is 6.01. The van der Waals surface area contributed by atoms with Crippen LogP contribution < -0.4 is 14.8 Å². The largest absolute Gasteiger partial charge is 0.497 e. The van der Waals surface area contributed by atoms with Gasteiger partial charge in [0.05, 0.1) is 19.8 Å². The van der Waals surface area contributed by atoms with Gasteiger partial charge >= 0.3 is 0 Å². The molecule has 114 valence electrons. The molecule has 0 bridgehead atoms. The molecule has 2 aromatic rings. The Kier molecular flexibility index (Phi) is 3.63. The number of hydrogen-bond acceptors (Lipinski definition) is 4. The summed E-state index contributed by atoms with van der Waals surface area (Å²) >= 11 is 0. The van der Waals surface area contributed by atoms with Gasteiger partial charge in [0, 0.05) is 24.4 Å². The maximum absolute atomic E-state index is 12.5. The third-order valence-corrected chi connectivity index (χ3v) is 3.85. The van der Waals surface area contributed by atoms with Crippen LogP contribution in [0.5, 0.6) is 11.5 Å². The van der Waals surface area contributed by atoms with Crippen LogP contribution in [-0.4, -0.2) is 32.1 Å². The summed E-state index contributed by atoms with van der Waals surface area (Å²) in [5.74, 6) is 1.37. The molecule has 1 atom stereocenters. The molecule has 0 aliphatic carbocycles. The molecule has 0 radical (unpaired) electrons. The predicted molar refractivity (Wildman–Crippen MR) is 84.4 cm³/mol. The summed E-state index contributed by atoms with van der Waals surface area (Å²) in [4.78, 5) is 14.2. The molecule has 5 nitrogen and oxygen atoms in total. The van der Waals surface area contributed by atoms with Crippen molar-refractivity contribution in [3.63, 3.8) is 0 Å². The SMILES string of the molecule is COc1cc(OC)cc([C@@H]2Nc3ccccc3C(=O)N2C)c1. The molecule has 1 N–H and O–H groups in total. The van der Waals surface area contributed by atoms with Crippen LogP contribution in [0.3, 0.4) is 0 Å².